The Bertz CT molecular complexity index is 398. The highest BCUT2D eigenvalue weighted by Gasteiger charge is 2.50. The van der Waals surface area contributed by atoms with Crippen LogP contribution >= 0.6 is 0 Å². The lowest BCUT2D eigenvalue weighted by Crippen LogP contribution is -2.55. The Morgan fingerprint density at radius 1 is 1.75 bits per heavy atom. The van der Waals surface area contributed by atoms with E-state index in [-0.39, 0.29) is 5.92 Å². The summed E-state index contributed by atoms with van der Waals surface area (Å²) in [6.07, 6.45) is 5.50. The first-order chi connectivity index (χ1) is 7.60. The van der Waals surface area contributed by atoms with Crippen LogP contribution in [0.2, 0.25) is 0 Å². The van der Waals surface area contributed by atoms with E-state index in [2.05, 4.69) is 10.3 Å². The molecule has 0 radical (unpaired) electrons. The number of hydrogen-bond acceptors (Lipinski definition) is 3. The van der Waals surface area contributed by atoms with E-state index in [1.807, 2.05) is 17.7 Å². The number of aryl methyl sites for hydroxylation is 1. The molecule has 1 atom stereocenters. The number of carboxylic acids is 1. The Labute approximate surface area is 94.5 Å². The van der Waals surface area contributed by atoms with E-state index in [1.165, 1.54) is 0 Å². The predicted molar refractivity (Wildman–Crippen MR) is 59.1 cm³/mol. The highest BCUT2D eigenvalue weighted by molar-refractivity contribution is 5.79. The SMILES string of the molecule is CNC(Cn1ccnc1C)(C(=O)O)C1CC1. The van der Waals surface area contributed by atoms with Crippen molar-refractivity contribution in [2.75, 3.05) is 7.05 Å². The number of imidazole rings is 1. The van der Waals surface area contributed by atoms with Crippen molar-refractivity contribution < 1.29 is 9.90 Å². The molecule has 0 amide bonds. The summed E-state index contributed by atoms with van der Waals surface area (Å²) in [7, 11) is 1.72. The number of aromatic nitrogens is 2. The minimum Gasteiger partial charge on any atom is -0.480 e. The van der Waals surface area contributed by atoms with Gasteiger partial charge in [-0.2, -0.15) is 0 Å². The van der Waals surface area contributed by atoms with E-state index in [1.54, 1.807) is 13.2 Å². The standard InChI is InChI=1S/C11H17N3O2/c1-8-13-5-6-14(8)7-11(12-2,10(15)16)9-3-4-9/h5-6,9,12H,3-4,7H2,1-2H3,(H,15,16). The van der Waals surface area contributed by atoms with Crippen molar-refractivity contribution in [1.82, 2.24) is 14.9 Å². The maximum absolute atomic E-state index is 11.5. The molecule has 2 N–H and O–H groups in total. The summed E-state index contributed by atoms with van der Waals surface area (Å²) >= 11 is 0. The number of carbonyl (C=O) groups is 1. The van der Waals surface area contributed by atoms with Crippen LogP contribution < -0.4 is 5.32 Å². The number of likely N-dealkylation sites (N-methyl/N-ethyl adjacent to an activating group) is 1. The largest absolute Gasteiger partial charge is 0.480 e. The van der Waals surface area contributed by atoms with Gasteiger partial charge in [-0.3, -0.25) is 4.79 Å². The first-order valence-corrected chi connectivity index (χ1v) is 5.50. The molecule has 1 aliphatic carbocycles. The van der Waals surface area contributed by atoms with Gasteiger partial charge in [-0.05, 0) is 32.7 Å². The van der Waals surface area contributed by atoms with Crippen molar-refractivity contribution in [3.8, 4) is 0 Å². The molecule has 1 aliphatic rings. The summed E-state index contributed by atoms with van der Waals surface area (Å²) < 4.78 is 1.89. The van der Waals surface area contributed by atoms with E-state index in [0.29, 0.717) is 6.54 Å². The van der Waals surface area contributed by atoms with Crippen molar-refractivity contribution in [3.63, 3.8) is 0 Å². The average Bonchev–Trinajstić information content (AvgIpc) is 3.01. The third-order valence-corrected chi connectivity index (χ3v) is 3.45. The lowest BCUT2D eigenvalue weighted by molar-refractivity contribution is -0.146. The molecule has 5 heteroatoms. The van der Waals surface area contributed by atoms with Gasteiger partial charge in [-0.15, -0.1) is 0 Å². The molecule has 1 fully saturated rings. The highest BCUT2D eigenvalue weighted by Crippen LogP contribution is 2.40. The lowest BCUT2D eigenvalue weighted by atomic mass is 9.93. The summed E-state index contributed by atoms with van der Waals surface area (Å²) in [6, 6.07) is 0. The van der Waals surface area contributed by atoms with Crippen LogP contribution in [-0.2, 0) is 11.3 Å². The van der Waals surface area contributed by atoms with Crippen LogP contribution in [0.25, 0.3) is 0 Å². The van der Waals surface area contributed by atoms with Crippen molar-refractivity contribution >= 4 is 5.97 Å². The molecule has 88 valence electrons. The summed E-state index contributed by atoms with van der Waals surface area (Å²) in [5.41, 5.74) is -0.842. The number of aliphatic carboxylic acids is 1. The molecule has 1 heterocycles. The van der Waals surface area contributed by atoms with E-state index in [4.69, 9.17) is 0 Å². The van der Waals surface area contributed by atoms with Crippen molar-refractivity contribution in [2.24, 2.45) is 5.92 Å². The third kappa shape index (κ3) is 1.71. The van der Waals surface area contributed by atoms with Crippen LogP contribution in [0.15, 0.2) is 12.4 Å². The number of carboxylic acid groups (broad SMARTS) is 1. The third-order valence-electron chi connectivity index (χ3n) is 3.45. The van der Waals surface area contributed by atoms with Crippen molar-refractivity contribution in [3.05, 3.63) is 18.2 Å². The minimum atomic E-state index is -0.842. The van der Waals surface area contributed by atoms with Gasteiger partial charge in [0.2, 0.25) is 0 Å². The summed E-state index contributed by atoms with van der Waals surface area (Å²) in [6.45, 7) is 2.32. The van der Waals surface area contributed by atoms with Gasteiger partial charge in [0.05, 0.1) is 6.54 Å². The number of nitrogens with one attached hydrogen (secondary N) is 1. The fraction of sp³-hybridized carbons (Fsp3) is 0.636. The van der Waals surface area contributed by atoms with Crippen LogP contribution in [0.3, 0.4) is 0 Å². The summed E-state index contributed by atoms with van der Waals surface area (Å²) in [5.74, 6) is 0.309. The maximum atomic E-state index is 11.5. The second kappa shape index (κ2) is 3.90. The zero-order valence-electron chi connectivity index (χ0n) is 9.60. The molecule has 1 aromatic rings. The topological polar surface area (TPSA) is 67.2 Å². The zero-order chi connectivity index (χ0) is 11.8. The van der Waals surface area contributed by atoms with Gasteiger partial charge < -0.3 is 15.0 Å². The predicted octanol–water partition coefficient (Wildman–Crippen LogP) is 0.644. The molecule has 1 unspecified atom stereocenters. The Balaban J connectivity index is 2.26. The first kappa shape index (κ1) is 11.1. The fourth-order valence-corrected chi connectivity index (χ4v) is 2.18. The smallest absolute Gasteiger partial charge is 0.326 e. The van der Waals surface area contributed by atoms with Gasteiger partial charge >= 0.3 is 5.97 Å². The quantitative estimate of drug-likeness (QED) is 0.769. The Kier molecular flexibility index (Phi) is 2.71. The van der Waals surface area contributed by atoms with E-state index in [9.17, 15) is 9.90 Å². The number of rotatable bonds is 5. The van der Waals surface area contributed by atoms with Gasteiger partial charge in [-0.25, -0.2) is 4.98 Å². The van der Waals surface area contributed by atoms with Crippen LogP contribution in [0.4, 0.5) is 0 Å². The van der Waals surface area contributed by atoms with Gasteiger partial charge in [0, 0.05) is 12.4 Å². The Morgan fingerprint density at radius 3 is 2.81 bits per heavy atom. The minimum absolute atomic E-state index is 0.233. The molecule has 16 heavy (non-hydrogen) atoms. The molecule has 5 nitrogen and oxygen atoms in total. The molecule has 0 saturated heterocycles. The molecule has 0 bridgehead atoms. The monoisotopic (exact) mass is 223 g/mol. The second-order valence-electron chi connectivity index (χ2n) is 4.40. The van der Waals surface area contributed by atoms with E-state index < -0.39 is 11.5 Å². The lowest BCUT2D eigenvalue weighted by Gasteiger charge is -2.29. The first-order valence-electron chi connectivity index (χ1n) is 5.50. The Hall–Kier alpha value is -1.36. The number of nitrogens with zero attached hydrogens (tertiary/aromatic N) is 2. The number of hydrogen-bond donors (Lipinski definition) is 2. The molecule has 1 aromatic heterocycles. The van der Waals surface area contributed by atoms with Gasteiger partial charge in [-0.1, -0.05) is 0 Å². The molecular formula is C11H17N3O2. The normalized spacial score (nSPS) is 19.4. The van der Waals surface area contributed by atoms with E-state index in [0.717, 1.165) is 18.7 Å². The summed E-state index contributed by atoms with van der Waals surface area (Å²) in [4.78, 5) is 15.6. The van der Waals surface area contributed by atoms with Crippen molar-refractivity contribution in [1.29, 1.82) is 0 Å². The van der Waals surface area contributed by atoms with Gasteiger partial charge in [0.25, 0.3) is 0 Å². The molecule has 2 rings (SSSR count). The highest BCUT2D eigenvalue weighted by atomic mass is 16.4. The second-order valence-corrected chi connectivity index (χ2v) is 4.40. The van der Waals surface area contributed by atoms with Gasteiger partial charge in [0.1, 0.15) is 11.4 Å². The van der Waals surface area contributed by atoms with Crippen LogP contribution in [-0.4, -0.2) is 33.2 Å². The maximum Gasteiger partial charge on any atom is 0.326 e. The zero-order valence-corrected chi connectivity index (χ0v) is 9.60. The van der Waals surface area contributed by atoms with Gasteiger partial charge in [0.15, 0.2) is 0 Å². The molecular weight excluding hydrogens is 206 g/mol. The Morgan fingerprint density at radius 2 is 2.44 bits per heavy atom. The molecule has 1 saturated carbocycles. The van der Waals surface area contributed by atoms with Crippen LogP contribution in [0.1, 0.15) is 18.7 Å². The summed E-state index contributed by atoms with van der Waals surface area (Å²) in [5, 5.41) is 12.4. The van der Waals surface area contributed by atoms with Crippen molar-refractivity contribution in [2.45, 2.75) is 31.8 Å². The average molecular weight is 223 g/mol. The fourth-order valence-electron chi connectivity index (χ4n) is 2.18. The van der Waals surface area contributed by atoms with Crippen LogP contribution in [0, 0.1) is 12.8 Å². The molecule has 0 aromatic carbocycles. The van der Waals surface area contributed by atoms with Crippen LogP contribution in [0.5, 0.6) is 0 Å². The molecule has 0 aliphatic heterocycles. The van der Waals surface area contributed by atoms with E-state index >= 15 is 0 Å². The molecule has 0 spiro atoms.